The van der Waals surface area contributed by atoms with Crippen LogP contribution in [0.5, 0.6) is 0 Å². The molecule has 0 spiro atoms. The molecule has 0 amide bonds. The van der Waals surface area contributed by atoms with Crippen molar-refractivity contribution in [3.63, 3.8) is 0 Å². The van der Waals surface area contributed by atoms with Crippen molar-refractivity contribution in [2.45, 2.75) is 45.4 Å². The predicted octanol–water partition coefficient (Wildman–Crippen LogP) is 2.49. The maximum atomic E-state index is 4.67. The van der Waals surface area contributed by atoms with Gasteiger partial charge in [0.1, 0.15) is 0 Å². The summed E-state index contributed by atoms with van der Waals surface area (Å²) in [5, 5.41) is 8.27. The van der Waals surface area contributed by atoms with Crippen molar-refractivity contribution in [1.82, 2.24) is 15.2 Å². The van der Waals surface area contributed by atoms with Gasteiger partial charge >= 0.3 is 0 Å². The van der Waals surface area contributed by atoms with Crippen LogP contribution in [0, 0.1) is 0 Å². The Morgan fingerprint density at radius 3 is 2.63 bits per heavy atom. The Balaban J connectivity index is 2.04. The van der Waals surface area contributed by atoms with Crippen molar-refractivity contribution in [1.29, 1.82) is 0 Å². The van der Waals surface area contributed by atoms with Gasteiger partial charge in [0, 0.05) is 26.7 Å². The maximum Gasteiger partial charge on any atom is 0.247 e. The molecule has 5 nitrogen and oxygen atoms in total. The van der Waals surface area contributed by atoms with Gasteiger partial charge in [0.25, 0.3) is 0 Å². The lowest BCUT2D eigenvalue weighted by atomic mass is 10.2. The minimum Gasteiger partial charge on any atom is -0.355 e. The number of unbranched alkanes of at least 4 members (excludes halogenated alkanes) is 1. The van der Waals surface area contributed by atoms with Gasteiger partial charge in [-0.25, -0.2) is 0 Å². The van der Waals surface area contributed by atoms with E-state index in [0.29, 0.717) is 0 Å². The van der Waals surface area contributed by atoms with E-state index in [4.69, 9.17) is 0 Å². The molecule has 1 aliphatic rings. The van der Waals surface area contributed by atoms with Crippen molar-refractivity contribution in [3.8, 4) is 0 Å². The topological polar surface area (TPSA) is 45.2 Å². The van der Waals surface area contributed by atoms with Gasteiger partial charge in [-0.15, -0.1) is 5.10 Å². The number of hydrogen-bond donors (Lipinski definition) is 0. The van der Waals surface area contributed by atoms with E-state index in [-0.39, 0.29) is 0 Å². The third-order valence-electron chi connectivity index (χ3n) is 3.65. The molecule has 0 atom stereocenters. The van der Waals surface area contributed by atoms with Crippen molar-refractivity contribution in [2.75, 3.05) is 36.5 Å². The molecule has 2 heterocycles. The Hall–Kier alpha value is -1.39. The lowest BCUT2D eigenvalue weighted by Crippen LogP contribution is -2.27. The fraction of sp³-hybridized carbons (Fsp3) is 0.786. The summed E-state index contributed by atoms with van der Waals surface area (Å²) in [4.78, 5) is 9.11. The first kappa shape index (κ1) is 14.0. The molecule has 0 bridgehead atoms. The highest BCUT2D eigenvalue weighted by atomic mass is 15.3. The van der Waals surface area contributed by atoms with Crippen molar-refractivity contribution < 1.29 is 0 Å². The highest BCUT2D eigenvalue weighted by molar-refractivity contribution is 5.41. The lowest BCUT2D eigenvalue weighted by molar-refractivity contribution is 0.726. The fourth-order valence-corrected chi connectivity index (χ4v) is 2.39. The van der Waals surface area contributed by atoms with Crippen LogP contribution in [-0.2, 0) is 0 Å². The van der Waals surface area contributed by atoms with Gasteiger partial charge in [0.2, 0.25) is 5.95 Å². The first-order chi connectivity index (χ1) is 9.31. The van der Waals surface area contributed by atoms with E-state index in [2.05, 4.69) is 31.9 Å². The lowest BCUT2D eigenvalue weighted by Gasteiger charge is -2.22. The summed E-state index contributed by atoms with van der Waals surface area (Å²) in [5.74, 6) is 1.73. The molecule has 1 saturated heterocycles. The maximum absolute atomic E-state index is 4.67. The monoisotopic (exact) mass is 263 g/mol. The summed E-state index contributed by atoms with van der Waals surface area (Å²) in [6.45, 7) is 5.37. The molecule has 19 heavy (non-hydrogen) atoms. The quantitative estimate of drug-likeness (QED) is 0.816. The molecule has 0 unspecified atom stereocenters. The summed E-state index contributed by atoms with van der Waals surface area (Å²) in [7, 11) is 2.04. The smallest absolute Gasteiger partial charge is 0.247 e. The molecule has 1 aromatic rings. The summed E-state index contributed by atoms with van der Waals surface area (Å²) < 4.78 is 0. The SMILES string of the molecule is CCCCN(C)c1nncc(N2CCCCCC2)n1. The standard InChI is InChI=1S/C14H25N5/c1-3-4-9-18(2)14-16-13(12-15-17-14)19-10-7-5-6-8-11-19/h12H,3-11H2,1-2H3. The Kier molecular flexibility index (Phi) is 5.36. The largest absolute Gasteiger partial charge is 0.355 e. The van der Waals surface area contributed by atoms with Crippen molar-refractivity contribution in [2.24, 2.45) is 0 Å². The minimum atomic E-state index is 0.746. The van der Waals surface area contributed by atoms with Crippen LogP contribution in [0.4, 0.5) is 11.8 Å². The zero-order valence-electron chi connectivity index (χ0n) is 12.2. The molecule has 0 saturated carbocycles. The second-order valence-electron chi connectivity index (χ2n) is 5.29. The van der Waals surface area contributed by atoms with Crippen LogP contribution < -0.4 is 9.80 Å². The van der Waals surface area contributed by atoms with E-state index in [9.17, 15) is 0 Å². The van der Waals surface area contributed by atoms with E-state index < -0.39 is 0 Å². The van der Waals surface area contributed by atoms with E-state index in [1.807, 2.05) is 7.05 Å². The Morgan fingerprint density at radius 1 is 1.21 bits per heavy atom. The van der Waals surface area contributed by atoms with Gasteiger partial charge < -0.3 is 9.80 Å². The minimum absolute atomic E-state index is 0.746. The summed E-state index contributed by atoms with van der Waals surface area (Å²) in [6, 6.07) is 0. The number of rotatable bonds is 5. The first-order valence-corrected chi connectivity index (χ1v) is 7.47. The van der Waals surface area contributed by atoms with Gasteiger partial charge in [-0.2, -0.15) is 10.1 Å². The summed E-state index contributed by atoms with van der Waals surface area (Å²) in [6.07, 6.45) is 9.31. The van der Waals surface area contributed by atoms with Crippen LogP contribution in [0.3, 0.4) is 0 Å². The Labute approximate surface area is 116 Å². The number of aromatic nitrogens is 3. The van der Waals surface area contributed by atoms with Crippen LogP contribution >= 0.6 is 0 Å². The molecular formula is C14H25N5. The van der Waals surface area contributed by atoms with Gasteiger partial charge in [0.15, 0.2) is 5.82 Å². The molecule has 5 heteroatoms. The van der Waals surface area contributed by atoms with Gasteiger partial charge in [0.05, 0.1) is 6.20 Å². The van der Waals surface area contributed by atoms with Crippen molar-refractivity contribution in [3.05, 3.63) is 6.20 Å². The molecule has 0 radical (unpaired) electrons. The highest BCUT2D eigenvalue weighted by Gasteiger charge is 2.13. The van der Waals surface area contributed by atoms with Crippen LogP contribution in [0.25, 0.3) is 0 Å². The van der Waals surface area contributed by atoms with Crippen LogP contribution in [-0.4, -0.2) is 41.9 Å². The number of nitrogens with zero attached hydrogens (tertiary/aromatic N) is 5. The number of hydrogen-bond acceptors (Lipinski definition) is 5. The molecule has 1 fully saturated rings. The zero-order valence-corrected chi connectivity index (χ0v) is 12.2. The molecule has 0 N–H and O–H groups in total. The molecule has 1 aromatic heterocycles. The van der Waals surface area contributed by atoms with Gasteiger partial charge in [-0.3, -0.25) is 0 Å². The van der Waals surface area contributed by atoms with Crippen LogP contribution in [0.1, 0.15) is 45.4 Å². The average molecular weight is 263 g/mol. The normalized spacial score (nSPS) is 16.2. The second-order valence-corrected chi connectivity index (χ2v) is 5.29. The van der Waals surface area contributed by atoms with E-state index in [1.54, 1.807) is 6.20 Å². The van der Waals surface area contributed by atoms with E-state index in [1.165, 1.54) is 32.1 Å². The molecule has 106 valence electrons. The molecule has 1 aliphatic heterocycles. The van der Waals surface area contributed by atoms with Gasteiger partial charge in [-0.05, 0) is 19.3 Å². The van der Waals surface area contributed by atoms with E-state index in [0.717, 1.165) is 37.8 Å². The molecule has 2 rings (SSSR count). The van der Waals surface area contributed by atoms with Gasteiger partial charge in [-0.1, -0.05) is 26.2 Å². The summed E-state index contributed by atoms with van der Waals surface area (Å²) in [5.41, 5.74) is 0. The highest BCUT2D eigenvalue weighted by Crippen LogP contribution is 2.18. The first-order valence-electron chi connectivity index (χ1n) is 7.47. The third-order valence-corrected chi connectivity index (χ3v) is 3.65. The predicted molar refractivity (Wildman–Crippen MR) is 78.7 cm³/mol. The third kappa shape index (κ3) is 4.04. The molecule has 0 aliphatic carbocycles. The summed E-state index contributed by atoms with van der Waals surface area (Å²) >= 11 is 0. The molecule has 0 aromatic carbocycles. The molecular weight excluding hydrogens is 238 g/mol. The van der Waals surface area contributed by atoms with Crippen molar-refractivity contribution >= 4 is 11.8 Å². The zero-order chi connectivity index (χ0) is 13.5. The number of anilines is 2. The second kappa shape index (κ2) is 7.26. The average Bonchev–Trinajstić information content (AvgIpc) is 2.74. The Morgan fingerprint density at radius 2 is 1.95 bits per heavy atom. The Bertz CT molecular complexity index is 374. The van der Waals surface area contributed by atoms with E-state index >= 15 is 0 Å². The van der Waals surface area contributed by atoms with Crippen LogP contribution in [0.15, 0.2) is 6.20 Å². The van der Waals surface area contributed by atoms with Crippen LogP contribution in [0.2, 0.25) is 0 Å². The fourth-order valence-electron chi connectivity index (χ4n) is 2.39.